The van der Waals surface area contributed by atoms with Crippen LogP contribution in [0.2, 0.25) is 0 Å². The highest BCUT2D eigenvalue weighted by Crippen LogP contribution is 2.36. The Hall–Kier alpha value is -0.540. The van der Waals surface area contributed by atoms with Crippen molar-refractivity contribution in [2.75, 3.05) is 5.75 Å². The van der Waals surface area contributed by atoms with Crippen molar-refractivity contribution in [1.82, 2.24) is 5.32 Å². The van der Waals surface area contributed by atoms with Gasteiger partial charge in [0.2, 0.25) is 0 Å². The van der Waals surface area contributed by atoms with Gasteiger partial charge in [-0.25, -0.2) is 4.39 Å². The lowest BCUT2D eigenvalue weighted by molar-refractivity contribution is 0.443. The minimum Gasteiger partial charge on any atom is -0.306 e. The third kappa shape index (κ3) is 2.82. The van der Waals surface area contributed by atoms with E-state index in [4.69, 9.17) is 0 Å². The molecule has 2 aliphatic carbocycles. The molecular formula is C16H22FNS. The van der Waals surface area contributed by atoms with Crippen molar-refractivity contribution in [3.63, 3.8) is 0 Å². The zero-order valence-corrected chi connectivity index (χ0v) is 12.3. The molecule has 0 saturated heterocycles. The number of benzene rings is 1. The van der Waals surface area contributed by atoms with Crippen molar-refractivity contribution in [1.29, 1.82) is 0 Å². The first kappa shape index (κ1) is 13.4. The Kier molecular flexibility index (Phi) is 4.13. The van der Waals surface area contributed by atoms with Gasteiger partial charge in [0.1, 0.15) is 5.82 Å². The number of aryl methyl sites for hydroxylation is 1. The van der Waals surface area contributed by atoms with Crippen LogP contribution in [0.1, 0.15) is 49.8 Å². The van der Waals surface area contributed by atoms with E-state index in [1.807, 2.05) is 6.07 Å². The average Bonchev–Trinajstić information content (AvgIpc) is 2.98. The number of halogens is 1. The Balaban J connectivity index is 1.69. The van der Waals surface area contributed by atoms with Gasteiger partial charge in [0.15, 0.2) is 0 Å². The molecule has 1 saturated carbocycles. The molecule has 0 spiro atoms. The lowest BCUT2D eigenvalue weighted by Crippen LogP contribution is -2.36. The van der Waals surface area contributed by atoms with Gasteiger partial charge in [0.25, 0.3) is 0 Å². The highest BCUT2D eigenvalue weighted by Gasteiger charge is 2.31. The fourth-order valence-corrected chi connectivity index (χ4v) is 4.76. The minimum absolute atomic E-state index is 0.0975. The third-order valence-electron chi connectivity index (χ3n) is 4.43. The molecule has 0 bridgehead atoms. The van der Waals surface area contributed by atoms with Crippen LogP contribution in [-0.2, 0) is 6.42 Å². The quantitative estimate of drug-likeness (QED) is 0.891. The third-order valence-corrected chi connectivity index (χ3v) is 5.76. The summed E-state index contributed by atoms with van der Waals surface area (Å²) >= 11 is 2.09. The van der Waals surface area contributed by atoms with E-state index in [0.29, 0.717) is 12.1 Å². The lowest BCUT2D eigenvalue weighted by Gasteiger charge is -2.25. The smallest absolute Gasteiger partial charge is 0.123 e. The molecule has 1 N–H and O–H groups in total. The van der Waals surface area contributed by atoms with Crippen LogP contribution in [-0.4, -0.2) is 17.0 Å². The summed E-state index contributed by atoms with van der Waals surface area (Å²) < 4.78 is 13.2. The van der Waals surface area contributed by atoms with Gasteiger partial charge in [0.05, 0.1) is 0 Å². The summed E-state index contributed by atoms with van der Waals surface area (Å²) in [6, 6.07) is 6.38. The molecule has 19 heavy (non-hydrogen) atoms. The van der Waals surface area contributed by atoms with E-state index < -0.39 is 0 Å². The number of thioether (sulfide) groups is 1. The van der Waals surface area contributed by atoms with E-state index in [0.717, 1.165) is 18.1 Å². The second-order valence-electron chi connectivity index (χ2n) is 5.63. The van der Waals surface area contributed by atoms with E-state index in [-0.39, 0.29) is 5.82 Å². The summed E-state index contributed by atoms with van der Waals surface area (Å²) in [6.07, 6.45) is 6.13. The normalized spacial score (nSPS) is 29.7. The fourth-order valence-electron chi connectivity index (χ4n) is 3.55. The standard InChI is InChI=1S/C16H22FNS/c1-2-19-16-5-3-4-15(16)18-14-9-6-11-10-12(17)7-8-13(11)14/h7-8,10,14-16,18H,2-6,9H2,1H3. The summed E-state index contributed by atoms with van der Waals surface area (Å²) in [5.74, 6) is 1.11. The number of rotatable bonds is 4. The average molecular weight is 279 g/mol. The van der Waals surface area contributed by atoms with Crippen LogP contribution in [0.4, 0.5) is 4.39 Å². The largest absolute Gasteiger partial charge is 0.306 e. The summed E-state index contributed by atoms with van der Waals surface area (Å²) in [7, 11) is 0. The van der Waals surface area contributed by atoms with Crippen molar-refractivity contribution in [2.45, 2.75) is 56.4 Å². The molecule has 1 aromatic rings. The van der Waals surface area contributed by atoms with E-state index in [2.05, 4.69) is 24.0 Å². The van der Waals surface area contributed by atoms with E-state index in [1.54, 1.807) is 12.1 Å². The number of nitrogens with one attached hydrogen (secondary N) is 1. The predicted molar refractivity (Wildman–Crippen MR) is 80.2 cm³/mol. The molecule has 3 rings (SSSR count). The lowest BCUT2D eigenvalue weighted by atomic mass is 10.1. The topological polar surface area (TPSA) is 12.0 Å². The van der Waals surface area contributed by atoms with Crippen molar-refractivity contribution in [3.05, 3.63) is 35.1 Å². The molecule has 1 aromatic carbocycles. The second-order valence-corrected chi connectivity index (χ2v) is 7.15. The van der Waals surface area contributed by atoms with E-state index in [9.17, 15) is 4.39 Å². The molecule has 0 amide bonds. The van der Waals surface area contributed by atoms with Crippen LogP contribution in [0.15, 0.2) is 18.2 Å². The number of hydrogen-bond donors (Lipinski definition) is 1. The molecule has 0 radical (unpaired) electrons. The first-order valence-corrected chi connectivity index (χ1v) is 8.48. The van der Waals surface area contributed by atoms with Gasteiger partial charge < -0.3 is 5.32 Å². The van der Waals surface area contributed by atoms with Crippen LogP contribution in [0.25, 0.3) is 0 Å². The maximum Gasteiger partial charge on any atom is 0.123 e. The van der Waals surface area contributed by atoms with Crippen LogP contribution < -0.4 is 5.32 Å². The number of fused-ring (bicyclic) bond motifs is 1. The fraction of sp³-hybridized carbons (Fsp3) is 0.625. The monoisotopic (exact) mass is 279 g/mol. The van der Waals surface area contributed by atoms with Crippen LogP contribution in [0, 0.1) is 5.82 Å². The first-order chi connectivity index (χ1) is 9.28. The van der Waals surface area contributed by atoms with Gasteiger partial charge in [-0.05, 0) is 54.7 Å². The van der Waals surface area contributed by atoms with Crippen LogP contribution in [0.5, 0.6) is 0 Å². The molecule has 1 fully saturated rings. The molecule has 3 heteroatoms. The molecule has 3 unspecified atom stereocenters. The summed E-state index contributed by atoms with van der Waals surface area (Å²) in [6.45, 7) is 2.24. The van der Waals surface area contributed by atoms with Crippen LogP contribution in [0.3, 0.4) is 0 Å². The van der Waals surface area contributed by atoms with Gasteiger partial charge in [-0.1, -0.05) is 19.4 Å². The van der Waals surface area contributed by atoms with Crippen molar-refractivity contribution < 1.29 is 4.39 Å². The number of hydrogen-bond acceptors (Lipinski definition) is 2. The molecule has 2 aliphatic rings. The van der Waals surface area contributed by atoms with Crippen molar-refractivity contribution in [3.8, 4) is 0 Å². The maximum atomic E-state index is 13.2. The Labute approximate surface area is 119 Å². The Bertz CT molecular complexity index is 448. The predicted octanol–water partition coefficient (Wildman–Crippen LogP) is 4.08. The molecule has 0 aromatic heterocycles. The highest BCUT2D eigenvalue weighted by molar-refractivity contribution is 7.99. The van der Waals surface area contributed by atoms with Gasteiger partial charge in [0, 0.05) is 17.3 Å². The maximum absolute atomic E-state index is 13.2. The zero-order valence-electron chi connectivity index (χ0n) is 11.5. The highest BCUT2D eigenvalue weighted by atomic mass is 32.2. The summed E-state index contributed by atoms with van der Waals surface area (Å²) in [5.41, 5.74) is 2.53. The molecule has 0 aliphatic heterocycles. The summed E-state index contributed by atoms with van der Waals surface area (Å²) in [5, 5.41) is 4.62. The molecule has 1 nitrogen and oxygen atoms in total. The van der Waals surface area contributed by atoms with Gasteiger partial charge in [-0.15, -0.1) is 0 Å². The Morgan fingerprint density at radius 2 is 2.21 bits per heavy atom. The van der Waals surface area contributed by atoms with Gasteiger partial charge >= 0.3 is 0 Å². The molecule has 3 atom stereocenters. The van der Waals surface area contributed by atoms with E-state index in [1.165, 1.54) is 36.1 Å². The zero-order chi connectivity index (χ0) is 13.2. The molecular weight excluding hydrogens is 257 g/mol. The second kappa shape index (κ2) is 5.84. The molecule has 0 heterocycles. The van der Waals surface area contributed by atoms with Crippen LogP contribution >= 0.6 is 11.8 Å². The Morgan fingerprint density at radius 1 is 1.32 bits per heavy atom. The van der Waals surface area contributed by atoms with Crippen molar-refractivity contribution in [2.24, 2.45) is 0 Å². The summed E-state index contributed by atoms with van der Waals surface area (Å²) in [4.78, 5) is 0. The first-order valence-electron chi connectivity index (χ1n) is 7.44. The molecule has 104 valence electrons. The Morgan fingerprint density at radius 3 is 3.05 bits per heavy atom. The van der Waals surface area contributed by atoms with Crippen molar-refractivity contribution >= 4 is 11.8 Å². The van der Waals surface area contributed by atoms with Gasteiger partial charge in [-0.2, -0.15) is 11.8 Å². The SMILES string of the molecule is CCSC1CCCC1NC1CCc2cc(F)ccc21. The van der Waals surface area contributed by atoms with Gasteiger partial charge in [-0.3, -0.25) is 0 Å². The minimum atomic E-state index is -0.0975. The van der Waals surface area contributed by atoms with E-state index >= 15 is 0 Å².